The summed E-state index contributed by atoms with van der Waals surface area (Å²) in [4.78, 5) is 34.2. The summed E-state index contributed by atoms with van der Waals surface area (Å²) in [6, 6.07) is 10.2. The third-order valence-electron chi connectivity index (χ3n) is 5.11. The SMILES string of the molecule is CC(=NCCN(C=O)Cc1ccccn1)C1=C(N)CCN(C=O)C1.Cc1ccc(Cl)cc1F. The first-order valence-corrected chi connectivity index (χ1v) is 10.9. The van der Waals surface area contributed by atoms with Gasteiger partial charge in [0.2, 0.25) is 12.8 Å². The number of nitrogens with zero attached hydrogens (tertiary/aromatic N) is 4. The molecule has 2 N–H and O–H groups in total. The summed E-state index contributed by atoms with van der Waals surface area (Å²) in [5, 5.41) is 0.443. The van der Waals surface area contributed by atoms with Crippen LogP contribution >= 0.6 is 11.6 Å². The fourth-order valence-electron chi connectivity index (χ4n) is 3.11. The van der Waals surface area contributed by atoms with Gasteiger partial charge in [-0.25, -0.2) is 4.39 Å². The maximum atomic E-state index is 12.5. The summed E-state index contributed by atoms with van der Waals surface area (Å²) in [5.41, 5.74) is 10.0. The van der Waals surface area contributed by atoms with E-state index in [4.69, 9.17) is 17.3 Å². The lowest BCUT2D eigenvalue weighted by Gasteiger charge is -2.26. The minimum Gasteiger partial charge on any atom is -0.402 e. The molecule has 0 aliphatic carbocycles. The van der Waals surface area contributed by atoms with E-state index in [9.17, 15) is 14.0 Å². The second kappa shape index (κ2) is 13.3. The number of rotatable bonds is 8. The summed E-state index contributed by atoms with van der Waals surface area (Å²) < 4.78 is 12.5. The molecule has 1 aliphatic rings. The minimum absolute atomic E-state index is 0.248. The molecule has 0 bridgehead atoms. The van der Waals surface area contributed by atoms with Crippen molar-refractivity contribution in [3.63, 3.8) is 0 Å². The highest BCUT2D eigenvalue weighted by atomic mass is 35.5. The summed E-state index contributed by atoms with van der Waals surface area (Å²) in [7, 11) is 0. The van der Waals surface area contributed by atoms with E-state index >= 15 is 0 Å². The van der Waals surface area contributed by atoms with Gasteiger partial charge in [0.1, 0.15) is 5.82 Å². The number of pyridine rings is 1. The van der Waals surface area contributed by atoms with Gasteiger partial charge in [0.25, 0.3) is 0 Å². The molecule has 2 heterocycles. The van der Waals surface area contributed by atoms with Crippen LogP contribution in [0.4, 0.5) is 4.39 Å². The molecule has 0 unspecified atom stereocenters. The van der Waals surface area contributed by atoms with Crippen molar-refractivity contribution in [2.75, 3.05) is 26.2 Å². The maximum absolute atomic E-state index is 12.5. The average Bonchev–Trinajstić information content (AvgIpc) is 2.82. The number of nitrogens with two attached hydrogens (primary N) is 1. The smallest absolute Gasteiger partial charge is 0.210 e. The Morgan fingerprint density at radius 2 is 2.12 bits per heavy atom. The molecule has 0 fully saturated rings. The first-order chi connectivity index (χ1) is 15.8. The third-order valence-corrected chi connectivity index (χ3v) is 5.35. The van der Waals surface area contributed by atoms with Gasteiger partial charge in [-0.1, -0.05) is 23.7 Å². The highest BCUT2D eigenvalue weighted by Gasteiger charge is 2.17. The largest absolute Gasteiger partial charge is 0.402 e. The van der Waals surface area contributed by atoms with Crippen molar-refractivity contribution < 1.29 is 14.0 Å². The molecule has 33 heavy (non-hydrogen) atoms. The van der Waals surface area contributed by atoms with Crippen molar-refractivity contribution in [1.82, 2.24) is 14.8 Å². The Morgan fingerprint density at radius 3 is 2.73 bits per heavy atom. The van der Waals surface area contributed by atoms with Crippen molar-refractivity contribution in [2.45, 2.75) is 26.8 Å². The molecule has 176 valence electrons. The van der Waals surface area contributed by atoms with E-state index < -0.39 is 0 Å². The summed E-state index contributed by atoms with van der Waals surface area (Å²) in [6.07, 6.45) is 4.02. The molecule has 1 aromatic heterocycles. The lowest BCUT2D eigenvalue weighted by Crippen LogP contribution is -2.34. The minimum atomic E-state index is -0.248. The van der Waals surface area contributed by atoms with Crippen LogP contribution in [0.25, 0.3) is 0 Å². The van der Waals surface area contributed by atoms with E-state index in [2.05, 4.69) is 9.98 Å². The molecule has 2 aromatic rings. The molecule has 9 heteroatoms. The van der Waals surface area contributed by atoms with Gasteiger partial charge in [0.15, 0.2) is 0 Å². The molecular formula is C24H29ClFN5O2. The van der Waals surface area contributed by atoms with Gasteiger partial charge in [-0.05, 0) is 43.7 Å². The van der Waals surface area contributed by atoms with Crippen molar-refractivity contribution in [3.8, 4) is 0 Å². The Balaban J connectivity index is 0.000000357. The summed E-state index contributed by atoms with van der Waals surface area (Å²) >= 11 is 5.48. The summed E-state index contributed by atoms with van der Waals surface area (Å²) in [5.74, 6) is -0.248. The number of halogens is 2. The first-order valence-electron chi connectivity index (χ1n) is 10.5. The number of aliphatic imine (C=N–C) groups is 1. The van der Waals surface area contributed by atoms with Gasteiger partial charge in [-0.15, -0.1) is 0 Å². The van der Waals surface area contributed by atoms with Gasteiger partial charge >= 0.3 is 0 Å². The van der Waals surface area contributed by atoms with Crippen LogP contribution in [-0.2, 0) is 16.1 Å². The van der Waals surface area contributed by atoms with Gasteiger partial charge in [0, 0.05) is 54.3 Å². The monoisotopic (exact) mass is 473 g/mol. The van der Waals surface area contributed by atoms with Crippen LogP contribution in [0.15, 0.2) is 58.9 Å². The number of aromatic nitrogens is 1. The average molecular weight is 474 g/mol. The fraction of sp³-hybridized carbons (Fsp3) is 0.333. The van der Waals surface area contributed by atoms with Gasteiger partial charge in [0.05, 0.1) is 18.8 Å². The van der Waals surface area contributed by atoms with Crippen LogP contribution in [0, 0.1) is 12.7 Å². The van der Waals surface area contributed by atoms with Gasteiger partial charge in [-0.3, -0.25) is 19.6 Å². The Kier molecular flexibility index (Phi) is 10.5. The molecule has 0 spiro atoms. The molecule has 0 atom stereocenters. The summed E-state index contributed by atoms with van der Waals surface area (Å²) in [6.45, 7) is 6.18. The number of amides is 2. The Hall–Kier alpha value is -3.26. The van der Waals surface area contributed by atoms with Gasteiger partial charge < -0.3 is 15.5 Å². The van der Waals surface area contributed by atoms with E-state index in [1.165, 1.54) is 6.07 Å². The molecule has 2 amide bonds. The highest BCUT2D eigenvalue weighted by molar-refractivity contribution is 6.30. The number of benzene rings is 1. The van der Waals surface area contributed by atoms with E-state index in [1.54, 1.807) is 35.1 Å². The second-order valence-corrected chi connectivity index (χ2v) is 8.02. The lowest BCUT2D eigenvalue weighted by atomic mass is 10.0. The normalized spacial score (nSPS) is 13.8. The van der Waals surface area contributed by atoms with Crippen LogP contribution in [-0.4, -0.2) is 59.5 Å². The van der Waals surface area contributed by atoms with Crippen molar-refractivity contribution in [3.05, 3.63) is 76.0 Å². The molecule has 0 saturated carbocycles. The third kappa shape index (κ3) is 8.65. The lowest BCUT2D eigenvalue weighted by molar-refractivity contribution is -0.119. The zero-order chi connectivity index (χ0) is 24.2. The van der Waals surface area contributed by atoms with Crippen molar-refractivity contribution in [1.29, 1.82) is 0 Å². The zero-order valence-electron chi connectivity index (χ0n) is 18.9. The predicted molar refractivity (Wildman–Crippen MR) is 128 cm³/mol. The molecule has 1 aromatic carbocycles. The van der Waals surface area contributed by atoms with E-state index in [1.807, 2.05) is 25.1 Å². The van der Waals surface area contributed by atoms with Crippen molar-refractivity contribution in [2.24, 2.45) is 10.7 Å². The number of hydrogen-bond acceptors (Lipinski definition) is 5. The predicted octanol–water partition coefficient (Wildman–Crippen LogP) is 3.36. The quantitative estimate of drug-likeness (QED) is 0.470. The highest BCUT2D eigenvalue weighted by Crippen LogP contribution is 2.15. The number of carbonyl (C=O) groups excluding carboxylic acids is 2. The van der Waals surface area contributed by atoms with E-state index in [-0.39, 0.29) is 5.82 Å². The van der Waals surface area contributed by atoms with Crippen LogP contribution in [0.3, 0.4) is 0 Å². The van der Waals surface area contributed by atoms with Crippen LogP contribution in [0.2, 0.25) is 5.02 Å². The zero-order valence-corrected chi connectivity index (χ0v) is 19.6. The molecule has 1 aliphatic heterocycles. The van der Waals surface area contributed by atoms with Crippen molar-refractivity contribution >= 4 is 30.1 Å². The maximum Gasteiger partial charge on any atom is 0.210 e. The number of hydrogen-bond donors (Lipinski definition) is 1. The topological polar surface area (TPSA) is 91.9 Å². The standard InChI is InChI=1S/C17H23N5O2.C7H6ClF/c1-14(16-11-21(12-23)8-5-17(16)18)19-7-9-22(13-24)10-15-4-2-3-6-20-15;1-5-2-3-6(8)4-7(5)9/h2-4,6,12-13H,5,7-11,18H2,1H3;2-4H,1H3. The second-order valence-electron chi connectivity index (χ2n) is 7.59. The molecule has 0 saturated heterocycles. The molecule has 7 nitrogen and oxygen atoms in total. The Morgan fingerprint density at radius 1 is 1.33 bits per heavy atom. The van der Waals surface area contributed by atoms with Crippen LogP contribution in [0.1, 0.15) is 24.6 Å². The molecule has 0 radical (unpaired) electrons. The Labute approximate surface area is 198 Å². The Bertz CT molecular complexity index is 998. The number of carbonyl (C=O) groups is 2. The molecule has 3 rings (SSSR count). The van der Waals surface area contributed by atoms with E-state index in [0.29, 0.717) is 49.7 Å². The first kappa shape index (κ1) is 26.0. The van der Waals surface area contributed by atoms with Gasteiger partial charge in [-0.2, -0.15) is 0 Å². The van der Waals surface area contributed by atoms with Crippen LogP contribution in [0.5, 0.6) is 0 Å². The number of aryl methyl sites for hydroxylation is 1. The van der Waals surface area contributed by atoms with E-state index in [0.717, 1.165) is 35.5 Å². The molecular weight excluding hydrogens is 445 g/mol. The van der Waals surface area contributed by atoms with Crippen LogP contribution < -0.4 is 5.73 Å². The fourth-order valence-corrected chi connectivity index (χ4v) is 3.27.